The van der Waals surface area contributed by atoms with Gasteiger partial charge in [-0.25, -0.2) is 14.8 Å². The first-order chi connectivity index (χ1) is 14.1. The van der Waals surface area contributed by atoms with Crippen LogP contribution in [0.25, 0.3) is 0 Å². The number of anilines is 2. The maximum atomic E-state index is 12.1. The van der Waals surface area contributed by atoms with E-state index in [1.807, 2.05) is 45.7 Å². The van der Waals surface area contributed by atoms with Gasteiger partial charge in [-0.15, -0.1) is 0 Å². The van der Waals surface area contributed by atoms with Crippen LogP contribution in [0.4, 0.5) is 16.4 Å². The normalized spacial score (nSPS) is 21.4. The third kappa shape index (κ3) is 5.73. The Balaban J connectivity index is 1.62. The van der Waals surface area contributed by atoms with Crippen molar-refractivity contribution < 1.29 is 14.3 Å². The average molecular weight is 419 g/mol. The minimum Gasteiger partial charge on any atom is -0.444 e. The monoisotopic (exact) mass is 418 g/mol. The Morgan fingerprint density at radius 2 is 1.90 bits per heavy atom. The van der Waals surface area contributed by atoms with Crippen molar-refractivity contribution in [3.63, 3.8) is 0 Å². The van der Waals surface area contributed by atoms with Crippen molar-refractivity contribution in [1.82, 2.24) is 20.2 Å². The van der Waals surface area contributed by atoms with Crippen molar-refractivity contribution in [2.75, 3.05) is 49.6 Å². The van der Waals surface area contributed by atoms with Gasteiger partial charge in [0, 0.05) is 45.3 Å². The van der Waals surface area contributed by atoms with Crippen molar-refractivity contribution >= 4 is 23.6 Å². The Labute approximate surface area is 178 Å². The lowest BCUT2D eigenvalue weighted by atomic mass is 9.91. The molecule has 0 aliphatic carbocycles. The highest BCUT2D eigenvalue weighted by molar-refractivity contribution is 5.82. The molecule has 3 rings (SSSR count). The molecule has 9 heteroatoms. The molecule has 9 nitrogen and oxygen atoms in total. The molecule has 0 spiro atoms. The lowest BCUT2D eigenvalue weighted by Gasteiger charge is -2.37. The van der Waals surface area contributed by atoms with Crippen molar-refractivity contribution in [3.8, 4) is 0 Å². The fraction of sp³-hybridized carbons (Fsp3) is 0.714. The zero-order valence-corrected chi connectivity index (χ0v) is 18.7. The van der Waals surface area contributed by atoms with Crippen molar-refractivity contribution in [2.45, 2.75) is 52.2 Å². The summed E-state index contributed by atoms with van der Waals surface area (Å²) in [7, 11) is 1.82. The summed E-state index contributed by atoms with van der Waals surface area (Å²) in [5.41, 5.74) is -0.510. The Morgan fingerprint density at radius 1 is 1.20 bits per heavy atom. The number of ether oxygens (including phenoxy) is 1. The van der Waals surface area contributed by atoms with Crippen molar-refractivity contribution in [3.05, 3.63) is 12.4 Å². The van der Waals surface area contributed by atoms with Crippen LogP contribution < -0.4 is 15.1 Å². The van der Waals surface area contributed by atoms with E-state index in [1.54, 1.807) is 11.2 Å². The zero-order chi connectivity index (χ0) is 21.9. The largest absolute Gasteiger partial charge is 0.444 e. The van der Waals surface area contributed by atoms with Gasteiger partial charge in [0.15, 0.2) is 0 Å². The topological polar surface area (TPSA) is 90.9 Å². The number of rotatable bonds is 4. The Morgan fingerprint density at radius 3 is 2.57 bits per heavy atom. The number of nitrogens with zero attached hydrogens (tertiary/aromatic N) is 5. The average Bonchev–Trinajstić information content (AvgIpc) is 2.69. The van der Waals surface area contributed by atoms with Crippen LogP contribution in [0.3, 0.4) is 0 Å². The van der Waals surface area contributed by atoms with Crippen LogP contribution in [0.2, 0.25) is 0 Å². The zero-order valence-electron chi connectivity index (χ0n) is 18.7. The summed E-state index contributed by atoms with van der Waals surface area (Å²) in [5.74, 6) is 2.04. The number of hydrogen-bond donors (Lipinski definition) is 1. The molecule has 1 N–H and O–H groups in total. The standard InChI is InChI=1S/C21H34N6O3/c1-15(24-20(29)30-21(2,3)4)16-7-6-8-26(12-16)17-11-18(23-14-22-17)27-10-9-25(5)19(28)13-27/h11,14-16H,6-10,12-13H2,1-5H3,(H,24,29)/t15-,16+/m0/s1. The summed E-state index contributed by atoms with van der Waals surface area (Å²) in [4.78, 5) is 39.0. The summed E-state index contributed by atoms with van der Waals surface area (Å²) >= 11 is 0. The van der Waals surface area contributed by atoms with Gasteiger partial charge in [0.1, 0.15) is 23.6 Å². The van der Waals surface area contributed by atoms with Crippen LogP contribution in [0.5, 0.6) is 0 Å². The number of amides is 2. The first-order valence-corrected chi connectivity index (χ1v) is 10.7. The smallest absolute Gasteiger partial charge is 0.407 e. The van der Waals surface area contributed by atoms with Gasteiger partial charge in [0.25, 0.3) is 0 Å². The van der Waals surface area contributed by atoms with Gasteiger partial charge in [0.2, 0.25) is 5.91 Å². The van der Waals surface area contributed by atoms with E-state index in [0.29, 0.717) is 19.0 Å². The maximum absolute atomic E-state index is 12.1. The number of piperidine rings is 1. The molecular weight excluding hydrogens is 384 g/mol. The molecule has 2 amide bonds. The molecule has 0 aromatic carbocycles. The molecule has 166 valence electrons. The van der Waals surface area contributed by atoms with Gasteiger partial charge in [-0.05, 0) is 46.5 Å². The fourth-order valence-corrected chi connectivity index (χ4v) is 3.87. The third-order valence-electron chi connectivity index (χ3n) is 5.65. The minimum absolute atomic E-state index is 0.000731. The molecule has 0 unspecified atom stereocenters. The second-order valence-corrected chi connectivity index (χ2v) is 9.25. The number of carbonyl (C=O) groups excluding carboxylic acids is 2. The lowest BCUT2D eigenvalue weighted by molar-refractivity contribution is -0.129. The summed E-state index contributed by atoms with van der Waals surface area (Å²) in [6.07, 6.45) is 3.26. The van der Waals surface area contributed by atoms with Crippen LogP contribution in [0.15, 0.2) is 12.4 Å². The van der Waals surface area contributed by atoms with E-state index in [-0.39, 0.29) is 18.0 Å². The molecule has 3 heterocycles. The summed E-state index contributed by atoms with van der Waals surface area (Å²) in [6, 6.07) is 1.96. The molecule has 2 atom stereocenters. The Bertz CT molecular complexity index is 765. The number of likely N-dealkylation sites (N-methyl/N-ethyl adjacent to an activating group) is 1. The molecule has 2 aliphatic heterocycles. The predicted octanol–water partition coefficient (Wildman–Crippen LogP) is 1.88. The third-order valence-corrected chi connectivity index (χ3v) is 5.65. The van der Waals surface area contributed by atoms with E-state index < -0.39 is 5.60 Å². The molecule has 1 aromatic rings. The van der Waals surface area contributed by atoms with Crippen LogP contribution in [0, 0.1) is 5.92 Å². The van der Waals surface area contributed by atoms with Crippen LogP contribution >= 0.6 is 0 Å². The highest BCUT2D eigenvalue weighted by Gasteiger charge is 2.29. The summed E-state index contributed by atoms with van der Waals surface area (Å²) < 4.78 is 5.39. The number of nitrogens with one attached hydrogen (secondary N) is 1. The van der Waals surface area contributed by atoms with Gasteiger partial charge in [0.05, 0.1) is 6.54 Å². The lowest BCUT2D eigenvalue weighted by Crippen LogP contribution is -2.49. The minimum atomic E-state index is -0.510. The molecule has 0 saturated carbocycles. The first kappa shape index (κ1) is 22.1. The SMILES string of the molecule is C[C@H](NC(=O)OC(C)(C)C)[C@@H]1CCCN(c2cc(N3CCN(C)C(=O)C3)ncn2)C1. The maximum Gasteiger partial charge on any atom is 0.407 e. The second kappa shape index (κ2) is 9.06. The summed E-state index contributed by atoms with van der Waals surface area (Å²) in [6.45, 7) is 11.1. The molecule has 0 radical (unpaired) electrons. The van der Waals surface area contributed by atoms with E-state index >= 15 is 0 Å². The molecule has 2 saturated heterocycles. The van der Waals surface area contributed by atoms with Gasteiger partial charge in [-0.3, -0.25) is 4.79 Å². The predicted molar refractivity (Wildman–Crippen MR) is 116 cm³/mol. The highest BCUT2D eigenvalue weighted by Crippen LogP contribution is 2.26. The molecule has 2 fully saturated rings. The second-order valence-electron chi connectivity index (χ2n) is 9.25. The number of hydrogen-bond acceptors (Lipinski definition) is 7. The van der Waals surface area contributed by atoms with E-state index in [2.05, 4.69) is 20.2 Å². The molecule has 0 bridgehead atoms. The Hall–Kier alpha value is -2.58. The van der Waals surface area contributed by atoms with Gasteiger partial charge >= 0.3 is 6.09 Å². The first-order valence-electron chi connectivity index (χ1n) is 10.7. The fourth-order valence-electron chi connectivity index (χ4n) is 3.87. The van der Waals surface area contributed by atoms with E-state index in [4.69, 9.17) is 4.74 Å². The molecule has 30 heavy (non-hydrogen) atoms. The van der Waals surface area contributed by atoms with Gasteiger partial charge in [-0.2, -0.15) is 0 Å². The molecule has 1 aromatic heterocycles. The number of piperazine rings is 1. The highest BCUT2D eigenvalue weighted by atomic mass is 16.6. The van der Waals surface area contributed by atoms with Crippen LogP contribution in [0.1, 0.15) is 40.5 Å². The van der Waals surface area contributed by atoms with Gasteiger partial charge < -0.3 is 24.8 Å². The Kier molecular flexibility index (Phi) is 6.67. The van der Waals surface area contributed by atoms with E-state index in [0.717, 1.165) is 44.1 Å². The molecular formula is C21H34N6O3. The van der Waals surface area contributed by atoms with E-state index in [9.17, 15) is 9.59 Å². The number of carbonyl (C=O) groups is 2. The number of alkyl carbamates (subject to hydrolysis) is 1. The van der Waals surface area contributed by atoms with E-state index in [1.165, 1.54) is 0 Å². The summed E-state index contributed by atoms with van der Waals surface area (Å²) in [5, 5.41) is 2.98. The quantitative estimate of drug-likeness (QED) is 0.798. The van der Waals surface area contributed by atoms with Crippen LogP contribution in [-0.2, 0) is 9.53 Å². The van der Waals surface area contributed by atoms with Crippen LogP contribution in [-0.4, -0.2) is 78.3 Å². The van der Waals surface area contributed by atoms with Crippen molar-refractivity contribution in [2.24, 2.45) is 5.92 Å². The molecule has 2 aliphatic rings. The number of aromatic nitrogens is 2. The van der Waals surface area contributed by atoms with Crippen molar-refractivity contribution in [1.29, 1.82) is 0 Å². The van der Waals surface area contributed by atoms with Gasteiger partial charge in [-0.1, -0.05) is 0 Å².